The van der Waals surface area contributed by atoms with Crippen molar-refractivity contribution >= 4 is 23.0 Å². The van der Waals surface area contributed by atoms with Gasteiger partial charge in [-0.2, -0.15) is 0 Å². The average molecular weight is 483 g/mol. The molecule has 4 aromatic rings. The highest BCUT2D eigenvalue weighted by atomic mass is 32.1. The number of benzene rings is 1. The average Bonchev–Trinajstić information content (AvgIpc) is 3.35. The van der Waals surface area contributed by atoms with E-state index < -0.39 is 0 Å². The fraction of sp³-hybridized carbons (Fsp3) is 0.250. The Morgan fingerprint density at radius 1 is 1.00 bits per heavy atom. The van der Waals surface area contributed by atoms with Gasteiger partial charge in [0.05, 0.1) is 17.8 Å². The molecule has 0 amide bonds. The lowest BCUT2D eigenvalue weighted by atomic mass is 9.96. The second-order valence-electron chi connectivity index (χ2n) is 9.19. The van der Waals surface area contributed by atoms with Gasteiger partial charge in [-0.25, -0.2) is 0 Å². The lowest BCUT2D eigenvalue weighted by molar-refractivity contribution is 0.310. The number of anilines is 1. The number of nitrogens with zero attached hydrogens (tertiary/aromatic N) is 5. The number of pyridine rings is 2. The molecule has 1 N–H and O–H groups in total. The molecule has 7 heteroatoms. The van der Waals surface area contributed by atoms with E-state index in [1.165, 1.54) is 22.6 Å². The molecule has 0 saturated carbocycles. The number of hydrogen-bond donors (Lipinski definition) is 1. The molecule has 0 aliphatic carbocycles. The summed E-state index contributed by atoms with van der Waals surface area (Å²) in [5.74, 6) is 0. The van der Waals surface area contributed by atoms with Crippen molar-refractivity contribution in [2.75, 3.05) is 19.0 Å². The van der Waals surface area contributed by atoms with Crippen LogP contribution in [0.15, 0.2) is 79.3 Å². The third kappa shape index (κ3) is 4.39. The molecule has 35 heavy (non-hydrogen) atoms. The highest BCUT2D eigenvalue weighted by molar-refractivity contribution is 7.80. The Kier molecular flexibility index (Phi) is 6.26. The smallest absolute Gasteiger partial charge is 0.170 e. The number of nitrogens with one attached hydrogen (secondary N) is 1. The van der Waals surface area contributed by atoms with Gasteiger partial charge in [-0.1, -0.05) is 12.1 Å². The van der Waals surface area contributed by atoms with E-state index in [2.05, 4.69) is 100 Å². The van der Waals surface area contributed by atoms with Crippen LogP contribution in [0.25, 0.3) is 5.69 Å². The molecule has 0 bridgehead atoms. The van der Waals surface area contributed by atoms with Crippen LogP contribution in [0, 0.1) is 13.8 Å². The van der Waals surface area contributed by atoms with Crippen LogP contribution in [-0.2, 0) is 6.54 Å². The Hall–Kier alpha value is -3.71. The topological polar surface area (TPSA) is 49.2 Å². The van der Waals surface area contributed by atoms with E-state index in [0.717, 1.165) is 22.1 Å². The van der Waals surface area contributed by atoms with Crippen LogP contribution in [0.3, 0.4) is 0 Å². The molecule has 0 unspecified atom stereocenters. The summed E-state index contributed by atoms with van der Waals surface area (Å²) >= 11 is 5.86. The van der Waals surface area contributed by atoms with Crippen LogP contribution in [0.2, 0.25) is 0 Å². The van der Waals surface area contributed by atoms with E-state index in [1.807, 2.05) is 30.6 Å². The molecular weight excluding hydrogens is 452 g/mol. The van der Waals surface area contributed by atoms with Crippen LogP contribution in [0.5, 0.6) is 0 Å². The normalized spacial score (nSPS) is 17.5. The van der Waals surface area contributed by atoms with Gasteiger partial charge in [0.2, 0.25) is 0 Å². The number of thiocarbonyl (C=S) groups is 1. The minimum absolute atomic E-state index is 0.00129. The molecule has 1 aliphatic rings. The highest BCUT2D eigenvalue weighted by Crippen LogP contribution is 2.42. The number of hydrogen-bond acceptors (Lipinski definition) is 4. The molecule has 3 aromatic heterocycles. The van der Waals surface area contributed by atoms with Gasteiger partial charge < -0.3 is 19.7 Å². The fourth-order valence-electron chi connectivity index (χ4n) is 4.99. The lowest BCUT2D eigenvalue weighted by Gasteiger charge is -2.28. The van der Waals surface area contributed by atoms with E-state index >= 15 is 0 Å². The second kappa shape index (κ2) is 9.50. The van der Waals surface area contributed by atoms with E-state index in [0.29, 0.717) is 6.54 Å². The molecule has 1 saturated heterocycles. The van der Waals surface area contributed by atoms with Crippen LogP contribution < -0.4 is 10.2 Å². The summed E-state index contributed by atoms with van der Waals surface area (Å²) in [6.07, 6.45) is 5.55. The predicted octanol–water partition coefficient (Wildman–Crippen LogP) is 5.12. The Morgan fingerprint density at radius 2 is 1.80 bits per heavy atom. The van der Waals surface area contributed by atoms with Crippen molar-refractivity contribution in [1.29, 1.82) is 0 Å². The zero-order chi connectivity index (χ0) is 24.5. The van der Waals surface area contributed by atoms with Gasteiger partial charge in [0.1, 0.15) is 0 Å². The maximum Gasteiger partial charge on any atom is 0.170 e. The minimum Gasteiger partial charge on any atom is -0.378 e. The van der Waals surface area contributed by atoms with Crippen LogP contribution in [-0.4, -0.2) is 38.6 Å². The SMILES string of the molecule is Cc1cc([C@H]2[C@@H](c3ccccn3)NC(=S)N2Cc2cccnc2)c(C)n1-c1ccc(N(C)C)cc1. The van der Waals surface area contributed by atoms with E-state index in [-0.39, 0.29) is 12.1 Å². The first-order valence-corrected chi connectivity index (χ1v) is 12.2. The number of aryl methyl sites for hydroxylation is 1. The summed E-state index contributed by atoms with van der Waals surface area (Å²) in [5.41, 5.74) is 8.07. The molecule has 178 valence electrons. The molecular formula is C28H30N6S. The summed E-state index contributed by atoms with van der Waals surface area (Å²) < 4.78 is 2.33. The van der Waals surface area contributed by atoms with Gasteiger partial charge in [-0.15, -0.1) is 0 Å². The first-order chi connectivity index (χ1) is 16.9. The van der Waals surface area contributed by atoms with Gasteiger partial charge in [0.25, 0.3) is 0 Å². The van der Waals surface area contributed by atoms with Crippen LogP contribution in [0.1, 0.15) is 40.3 Å². The molecule has 0 radical (unpaired) electrons. The van der Waals surface area contributed by atoms with Gasteiger partial charge in [-0.05, 0) is 85.7 Å². The van der Waals surface area contributed by atoms with E-state index in [4.69, 9.17) is 12.2 Å². The lowest BCUT2D eigenvalue weighted by Crippen LogP contribution is -2.29. The van der Waals surface area contributed by atoms with Crippen molar-refractivity contribution < 1.29 is 0 Å². The fourth-order valence-corrected chi connectivity index (χ4v) is 5.29. The molecule has 5 rings (SSSR count). The highest BCUT2D eigenvalue weighted by Gasteiger charge is 2.41. The van der Waals surface area contributed by atoms with Crippen molar-refractivity contribution in [2.24, 2.45) is 0 Å². The number of rotatable bonds is 6. The summed E-state index contributed by atoms with van der Waals surface area (Å²) in [7, 11) is 4.12. The third-order valence-electron chi connectivity index (χ3n) is 6.69. The standard InChI is InChI=1S/C28H30N6S/c1-19-16-24(20(2)34(19)23-12-10-22(11-13-23)32(3)4)27-26(25-9-5-6-15-30-25)31-28(35)33(27)18-21-8-7-14-29-17-21/h5-17,26-27H,18H2,1-4H3,(H,31,35)/t26-,27+/m1/s1. The summed E-state index contributed by atoms with van der Waals surface area (Å²) in [4.78, 5) is 13.4. The summed E-state index contributed by atoms with van der Waals surface area (Å²) in [6, 6.07) is 21.0. The van der Waals surface area contributed by atoms with Crippen LogP contribution in [0.4, 0.5) is 5.69 Å². The zero-order valence-corrected chi connectivity index (χ0v) is 21.3. The van der Waals surface area contributed by atoms with E-state index in [9.17, 15) is 0 Å². The Balaban J connectivity index is 1.59. The molecule has 1 aliphatic heterocycles. The Labute approximate surface area is 212 Å². The van der Waals surface area contributed by atoms with Crippen molar-refractivity contribution in [1.82, 2.24) is 24.8 Å². The van der Waals surface area contributed by atoms with Gasteiger partial charge in [0.15, 0.2) is 5.11 Å². The summed E-state index contributed by atoms with van der Waals surface area (Å²) in [5, 5.41) is 4.30. The molecule has 0 spiro atoms. The van der Waals surface area contributed by atoms with Crippen LogP contribution >= 0.6 is 12.2 Å². The minimum atomic E-state index is -0.0505. The largest absolute Gasteiger partial charge is 0.378 e. The molecule has 6 nitrogen and oxygen atoms in total. The van der Waals surface area contributed by atoms with Crippen molar-refractivity contribution in [3.05, 3.63) is 107 Å². The maximum absolute atomic E-state index is 5.86. The molecule has 2 atom stereocenters. The summed E-state index contributed by atoms with van der Waals surface area (Å²) in [6.45, 7) is 5.04. The molecule has 4 heterocycles. The number of aromatic nitrogens is 3. The quantitative estimate of drug-likeness (QED) is 0.385. The Bertz CT molecular complexity index is 1320. The zero-order valence-electron chi connectivity index (χ0n) is 20.5. The van der Waals surface area contributed by atoms with Gasteiger partial charge in [-0.3, -0.25) is 9.97 Å². The monoisotopic (exact) mass is 482 g/mol. The van der Waals surface area contributed by atoms with Crippen molar-refractivity contribution in [3.63, 3.8) is 0 Å². The van der Waals surface area contributed by atoms with Gasteiger partial charge >= 0.3 is 0 Å². The molecule has 1 fully saturated rings. The first-order valence-electron chi connectivity index (χ1n) is 11.8. The van der Waals surface area contributed by atoms with Gasteiger partial charge in [0, 0.05) is 62.0 Å². The van der Waals surface area contributed by atoms with Crippen molar-refractivity contribution in [3.8, 4) is 5.69 Å². The Morgan fingerprint density at radius 3 is 2.46 bits per heavy atom. The predicted molar refractivity (Wildman–Crippen MR) is 145 cm³/mol. The molecule has 1 aromatic carbocycles. The third-order valence-corrected chi connectivity index (χ3v) is 7.04. The van der Waals surface area contributed by atoms with E-state index in [1.54, 1.807) is 6.20 Å². The van der Waals surface area contributed by atoms with Crippen molar-refractivity contribution in [2.45, 2.75) is 32.5 Å². The second-order valence-corrected chi connectivity index (χ2v) is 9.58. The first kappa shape index (κ1) is 23.1. The maximum atomic E-state index is 5.86.